The maximum atomic E-state index is 12.4. The molecule has 0 saturated heterocycles. The van der Waals surface area contributed by atoms with E-state index in [4.69, 9.17) is 18.7 Å². The van der Waals surface area contributed by atoms with Crippen molar-refractivity contribution in [1.82, 2.24) is 15.3 Å². The zero-order valence-electron chi connectivity index (χ0n) is 18.4. The van der Waals surface area contributed by atoms with E-state index < -0.39 is 5.60 Å². The summed E-state index contributed by atoms with van der Waals surface area (Å²) in [6, 6.07) is 11.2. The highest BCUT2D eigenvalue weighted by atomic mass is 16.5. The van der Waals surface area contributed by atoms with Crippen molar-refractivity contribution in [2.75, 3.05) is 31.7 Å². The van der Waals surface area contributed by atoms with Gasteiger partial charge in [-0.2, -0.15) is 9.97 Å². The van der Waals surface area contributed by atoms with Crippen molar-refractivity contribution >= 4 is 40.1 Å². The minimum Gasteiger partial charge on any atom is -0.423 e. The van der Waals surface area contributed by atoms with Crippen molar-refractivity contribution in [3.63, 3.8) is 0 Å². The molecule has 0 unspecified atom stereocenters. The summed E-state index contributed by atoms with van der Waals surface area (Å²) in [5.41, 5.74) is 2.31. The average molecular weight is 454 g/mol. The highest BCUT2D eigenvalue weighted by molar-refractivity contribution is 5.83. The van der Waals surface area contributed by atoms with E-state index in [2.05, 4.69) is 20.6 Å². The molecule has 2 aromatic carbocycles. The lowest BCUT2D eigenvalue weighted by Crippen LogP contribution is -2.30. The van der Waals surface area contributed by atoms with Gasteiger partial charge in [-0.15, -0.1) is 0 Å². The van der Waals surface area contributed by atoms with E-state index in [-0.39, 0.29) is 37.6 Å². The molecule has 0 fully saturated rings. The molecule has 0 atom stereocenters. The molecule has 2 aromatic heterocycles. The Morgan fingerprint density at radius 3 is 2.52 bits per heavy atom. The molecule has 0 aliphatic heterocycles. The Hall–Kier alpha value is -3.47. The number of amides is 1. The third-order valence-corrected chi connectivity index (χ3v) is 4.94. The van der Waals surface area contributed by atoms with Crippen molar-refractivity contribution in [1.29, 1.82) is 0 Å². The van der Waals surface area contributed by atoms with Crippen LogP contribution in [0.4, 0.5) is 12.0 Å². The summed E-state index contributed by atoms with van der Waals surface area (Å²) in [6.45, 7) is 4.07. The molecule has 0 aliphatic rings. The summed E-state index contributed by atoms with van der Waals surface area (Å²) >= 11 is 0. The van der Waals surface area contributed by atoms with Gasteiger partial charge >= 0.3 is 12.0 Å². The number of ether oxygens (including phenoxy) is 1. The van der Waals surface area contributed by atoms with Crippen LogP contribution in [0.3, 0.4) is 0 Å². The first-order valence-corrected chi connectivity index (χ1v) is 10.6. The van der Waals surface area contributed by atoms with Crippen LogP contribution in [-0.4, -0.2) is 52.5 Å². The number of aliphatic hydroxyl groups is 2. The summed E-state index contributed by atoms with van der Waals surface area (Å²) in [7, 11) is 0. The van der Waals surface area contributed by atoms with Crippen molar-refractivity contribution in [2.45, 2.75) is 25.9 Å². The van der Waals surface area contributed by atoms with E-state index in [9.17, 15) is 9.90 Å². The van der Waals surface area contributed by atoms with Gasteiger partial charge in [0.2, 0.25) is 5.91 Å². The smallest absolute Gasteiger partial charge is 0.303 e. The highest BCUT2D eigenvalue weighted by Crippen LogP contribution is 2.31. The molecule has 1 amide bonds. The summed E-state index contributed by atoms with van der Waals surface area (Å²) in [4.78, 5) is 21.2. The monoisotopic (exact) mass is 454 g/mol. The number of rotatable bonds is 10. The van der Waals surface area contributed by atoms with E-state index in [1.807, 2.05) is 24.3 Å². The van der Waals surface area contributed by atoms with Crippen LogP contribution >= 0.6 is 0 Å². The lowest BCUT2D eigenvalue weighted by molar-refractivity contribution is -0.120. The number of para-hydroxylation sites is 2. The molecule has 33 heavy (non-hydrogen) atoms. The van der Waals surface area contributed by atoms with Gasteiger partial charge in [0.05, 0.1) is 31.8 Å². The normalized spacial score (nSPS) is 11.9. The fourth-order valence-electron chi connectivity index (χ4n) is 3.47. The van der Waals surface area contributed by atoms with Crippen LogP contribution in [0.2, 0.25) is 0 Å². The largest absolute Gasteiger partial charge is 0.423 e. The van der Waals surface area contributed by atoms with Gasteiger partial charge in [0, 0.05) is 6.54 Å². The third kappa shape index (κ3) is 5.48. The molecule has 0 saturated carbocycles. The van der Waals surface area contributed by atoms with E-state index in [1.165, 1.54) is 0 Å². The first-order chi connectivity index (χ1) is 15.8. The number of benzene rings is 2. The zero-order valence-corrected chi connectivity index (χ0v) is 18.4. The maximum absolute atomic E-state index is 12.4. The predicted molar refractivity (Wildman–Crippen MR) is 121 cm³/mol. The number of oxazole rings is 2. The number of anilines is 2. The third-order valence-electron chi connectivity index (χ3n) is 4.94. The predicted octanol–water partition coefficient (Wildman–Crippen LogP) is 2.61. The fourth-order valence-corrected chi connectivity index (χ4v) is 3.47. The van der Waals surface area contributed by atoms with Crippen molar-refractivity contribution in [3.8, 4) is 0 Å². The molecule has 0 spiro atoms. The summed E-state index contributed by atoms with van der Waals surface area (Å²) in [5, 5.41) is 25.1. The van der Waals surface area contributed by atoms with Gasteiger partial charge in [0.15, 0.2) is 11.2 Å². The second kappa shape index (κ2) is 9.57. The Kier molecular flexibility index (Phi) is 6.59. The van der Waals surface area contributed by atoms with Gasteiger partial charge in [-0.05, 0) is 49.2 Å². The lowest BCUT2D eigenvalue weighted by atomic mass is 9.91. The number of hydrogen-bond donors (Lipinski definition) is 4. The number of hydrogen-bond acceptors (Lipinski definition) is 9. The molecule has 2 heterocycles. The number of carbonyl (C=O) groups is 1. The SMILES string of the molecule is CC(C)(O)c1cc2oc(Nc3nc4ccccc4o3)nc2cc1CC(=O)NCCOCCO. The molecule has 0 radical (unpaired) electrons. The highest BCUT2D eigenvalue weighted by Gasteiger charge is 2.24. The van der Waals surface area contributed by atoms with Gasteiger partial charge in [0.25, 0.3) is 0 Å². The van der Waals surface area contributed by atoms with Gasteiger partial charge < -0.3 is 29.1 Å². The number of nitrogens with one attached hydrogen (secondary N) is 2. The van der Waals surface area contributed by atoms with Crippen LogP contribution in [0.5, 0.6) is 0 Å². The lowest BCUT2D eigenvalue weighted by Gasteiger charge is -2.21. The molecule has 10 heteroatoms. The topological polar surface area (TPSA) is 143 Å². The molecule has 4 N–H and O–H groups in total. The second-order valence-corrected chi connectivity index (χ2v) is 8.03. The number of nitrogens with zero attached hydrogens (tertiary/aromatic N) is 2. The van der Waals surface area contributed by atoms with Crippen LogP contribution in [0, 0.1) is 0 Å². The fraction of sp³-hybridized carbons (Fsp3) is 0.348. The molecule has 4 aromatic rings. The minimum atomic E-state index is -1.20. The molecular formula is C23H26N4O6. The first-order valence-electron chi connectivity index (χ1n) is 10.6. The first kappa shape index (κ1) is 22.7. The standard InChI is InChI=1S/C23H26N4O6/c1-23(2,30)15-13-19-17(11-14(15)12-20(29)24-7-9-31-10-8-28)26-22(33-19)27-21-25-16-5-3-4-6-18(16)32-21/h3-6,11,13,28,30H,7-10,12H2,1-2H3,(H,24,29)(H,25,26,27). The summed E-state index contributed by atoms with van der Waals surface area (Å²) < 4.78 is 16.6. The van der Waals surface area contributed by atoms with Crippen LogP contribution < -0.4 is 10.6 Å². The molecule has 10 nitrogen and oxygen atoms in total. The number of carbonyl (C=O) groups excluding carboxylic acids is 1. The van der Waals surface area contributed by atoms with E-state index in [1.54, 1.807) is 26.0 Å². The molecule has 0 bridgehead atoms. The Balaban J connectivity index is 1.54. The second-order valence-electron chi connectivity index (χ2n) is 8.03. The molecule has 0 aliphatic carbocycles. The van der Waals surface area contributed by atoms with Gasteiger partial charge in [0.1, 0.15) is 11.0 Å². The molecule has 174 valence electrons. The van der Waals surface area contributed by atoms with Crippen LogP contribution in [0.25, 0.3) is 22.2 Å². The molecule has 4 rings (SSSR count). The Bertz CT molecular complexity index is 1220. The minimum absolute atomic E-state index is 0.0516. The number of fused-ring (bicyclic) bond motifs is 2. The maximum Gasteiger partial charge on any atom is 0.303 e. The van der Waals surface area contributed by atoms with Gasteiger partial charge in [-0.3, -0.25) is 10.1 Å². The van der Waals surface area contributed by atoms with Crippen LogP contribution in [0.15, 0.2) is 45.2 Å². The van der Waals surface area contributed by atoms with Crippen molar-refractivity contribution < 1.29 is 28.6 Å². The molecular weight excluding hydrogens is 428 g/mol. The Morgan fingerprint density at radius 1 is 1.06 bits per heavy atom. The van der Waals surface area contributed by atoms with E-state index >= 15 is 0 Å². The average Bonchev–Trinajstić information content (AvgIpc) is 3.34. The van der Waals surface area contributed by atoms with Gasteiger partial charge in [-0.1, -0.05) is 12.1 Å². The number of aliphatic hydroxyl groups excluding tert-OH is 1. The number of aromatic nitrogens is 2. The van der Waals surface area contributed by atoms with Crippen LogP contribution in [0.1, 0.15) is 25.0 Å². The van der Waals surface area contributed by atoms with E-state index in [0.29, 0.717) is 46.5 Å². The van der Waals surface area contributed by atoms with Crippen molar-refractivity contribution in [2.24, 2.45) is 0 Å². The van der Waals surface area contributed by atoms with Gasteiger partial charge in [-0.25, -0.2) is 0 Å². The quantitative estimate of drug-likeness (QED) is 0.266. The van der Waals surface area contributed by atoms with E-state index in [0.717, 1.165) is 0 Å². The van der Waals surface area contributed by atoms with Crippen LogP contribution in [-0.2, 0) is 21.6 Å². The summed E-state index contributed by atoms with van der Waals surface area (Å²) in [6.07, 6.45) is 0.0516. The zero-order chi connectivity index (χ0) is 23.4. The van der Waals surface area contributed by atoms with Crippen molar-refractivity contribution in [3.05, 3.63) is 47.5 Å². The summed E-state index contributed by atoms with van der Waals surface area (Å²) in [5.74, 6) is -0.222. The Morgan fingerprint density at radius 2 is 1.79 bits per heavy atom. The Labute approximate surface area is 189 Å².